The standard InChI is InChI=1S/C10H16N3O2PS.C4H8/c14-16-15-8-2-5-13(7-8)10-1-4-11-9(12-10)3-6-17;1-2-4-3-1/h1,4,8,14,16-17H,2-3,5-7H2;1-4H2. The Kier molecular flexibility index (Phi) is 7.72. The first-order chi connectivity index (χ1) is 10.3. The lowest BCUT2D eigenvalue weighted by Crippen LogP contribution is -2.23. The summed E-state index contributed by atoms with van der Waals surface area (Å²) in [7, 11) is -0.433. The van der Waals surface area contributed by atoms with Crippen molar-refractivity contribution in [3.05, 3.63) is 18.1 Å². The second-order valence-corrected chi connectivity index (χ2v) is 6.15. The van der Waals surface area contributed by atoms with Gasteiger partial charge in [-0.25, -0.2) is 9.97 Å². The van der Waals surface area contributed by atoms with Gasteiger partial charge in [0.25, 0.3) is 0 Å². The predicted octanol–water partition coefficient (Wildman–Crippen LogP) is 2.61. The van der Waals surface area contributed by atoms with Crippen molar-refractivity contribution in [1.29, 1.82) is 0 Å². The van der Waals surface area contributed by atoms with Gasteiger partial charge in [0.05, 0.1) is 6.10 Å². The average molecular weight is 329 g/mol. The summed E-state index contributed by atoms with van der Waals surface area (Å²) in [6.45, 7) is 1.69. The van der Waals surface area contributed by atoms with Gasteiger partial charge in [-0.2, -0.15) is 12.6 Å². The Balaban J connectivity index is 0.000000347. The highest BCUT2D eigenvalue weighted by Gasteiger charge is 2.24. The van der Waals surface area contributed by atoms with Crippen LogP contribution in [-0.4, -0.2) is 39.8 Å². The number of thiol groups is 1. The number of nitrogens with zero attached hydrogens (tertiary/aromatic N) is 3. The van der Waals surface area contributed by atoms with Crippen molar-refractivity contribution in [2.45, 2.75) is 44.6 Å². The van der Waals surface area contributed by atoms with Crippen LogP contribution >= 0.6 is 21.7 Å². The van der Waals surface area contributed by atoms with Crippen molar-refractivity contribution in [2.75, 3.05) is 23.7 Å². The summed E-state index contributed by atoms with van der Waals surface area (Å²) < 4.78 is 5.22. The molecule has 2 atom stereocenters. The minimum atomic E-state index is -0.433. The first-order valence-corrected chi connectivity index (χ1v) is 9.04. The van der Waals surface area contributed by atoms with Crippen LogP contribution in [0.4, 0.5) is 5.82 Å². The summed E-state index contributed by atoms with van der Waals surface area (Å²) in [4.78, 5) is 19.6. The van der Waals surface area contributed by atoms with E-state index in [-0.39, 0.29) is 6.10 Å². The van der Waals surface area contributed by atoms with Gasteiger partial charge in [0, 0.05) is 25.7 Å². The molecule has 0 amide bonds. The van der Waals surface area contributed by atoms with Crippen molar-refractivity contribution in [3.8, 4) is 0 Å². The lowest BCUT2D eigenvalue weighted by Gasteiger charge is -2.17. The van der Waals surface area contributed by atoms with E-state index in [2.05, 4.69) is 27.5 Å². The van der Waals surface area contributed by atoms with E-state index in [9.17, 15) is 0 Å². The van der Waals surface area contributed by atoms with Gasteiger partial charge in [-0.1, -0.05) is 25.7 Å². The Labute approximate surface area is 133 Å². The molecule has 2 unspecified atom stereocenters. The normalized spacial score (nSPS) is 21.2. The summed E-state index contributed by atoms with van der Waals surface area (Å²) >= 11 is 4.18. The molecule has 1 saturated heterocycles. The number of aryl methyl sites for hydroxylation is 1. The van der Waals surface area contributed by atoms with E-state index in [4.69, 9.17) is 9.42 Å². The maximum atomic E-state index is 8.75. The Bertz CT molecular complexity index is 417. The molecule has 21 heavy (non-hydrogen) atoms. The van der Waals surface area contributed by atoms with Gasteiger partial charge in [0.15, 0.2) is 9.03 Å². The van der Waals surface area contributed by atoms with Crippen LogP contribution in [0.15, 0.2) is 12.3 Å². The molecule has 0 spiro atoms. The maximum absolute atomic E-state index is 8.75. The van der Waals surface area contributed by atoms with E-state index in [1.165, 1.54) is 25.7 Å². The fraction of sp³-hybridized carbons (Fsp3) is 0.714. The van der Waals surface area contributed by atoms with Gasteiger partial charge in [0.2, 0.25) is 0 Å². The largest absolute Gasteiger partial charge is 0.354 e. The van der Waals surface area contributed by atoms with Gasteiger partial charge in [-0.3, -0.25) is 0 Å². The van der Waals surface area contributed by atoms with Gasteiger partial charge in [0.1, 0.15) is 11.6 Å². The zero-order valence-corrected chi connectivity index (χ0v) is 14.1. The highest BCUT2D eigenvalue weighted by Crippen LogP contribution is 2.23. The Morgan fingerprint density at radius 1 is 1.38 bits per heavy atom. The summed E-state index contributed by atoms with van der Waals surface area (Å²) in [5.74, 6) is 2.51. The molecule has 2 fully saturated rings. The topological polar surface area (TPSA) is 58.5 Å². The number of hydrogen-bond acceptors (Lipinski definition) is 6. The molecule has 1 aromatic heterocycles. The zero-order valence-electron chi connectivity index (χ0n) is 12.2. The second kappa shape index (κ2) is 9.57. The Morgan fingerprint density at radius 3 is 2.76 bits per heavy atom. The summed E-state index contributed by atoms with van der Waals surface area (Å²) in [6, 6.07) is 1.91. The van der Waals surface area contributed by atoms with Crippen LogP contribution in [0.25, 0.3) is 0 Å². The van der Waals surface area contributed by atoms with Crippen LogP contribution in [-0.2, 0) is 10.9 Å². The maximum Gasteiger partial charge on any atom is 0.152 e. The molecule has 1 N–H and O–H groups in total. The molecule has 1 aliphatic heterocycles. The molecule has 2 aliphatic rings. The fourth-order valence-electron chi connectivity index (χ4n) is 2.14. The van der Waals surface area contributed by atoms with Gasteiger partial charge in [-0.05, 0) is 18.2 Å². The van der Waals surface area contributed by atoms with Crippen LogP contribution < -0.4 is 4.90 Å². The van der Waals surface area contributed by atoms with Crippen molar-refractivity contribution >= 4 is 27.5 Å². The lowest BCUT2D eigenvalue weighted by molar-refractivity contribution is 0.236. The third kappa shape index (κ3) is 5.70. The minimum Gasteiger partial charge on any atom is -0.354 e. The Morgan fingerprint density at radius 2 is 2.14 bits per heavy atom. The van der Waals surface area contributed by atoms with Crippen molar-refractivity contribution in [2.24, 2.45) is 0 Å². The zero-order chi connectivity index (χ0) is 14.9. The molecule has 0 radical (unpaired) electrons. The molecule has 5 nitrogen and oxygen atoms in total. The number of hydrogen-bond donors (Lipinski definition) is 2. The molecular formula is C14H24N3O2PS. The molecule has 1 saturated carbocycles. The fourth-order valence-corrected chi connectivity index (χ4v) is 2.68. The SMILES string of the molecule is C1CCC1.OPOC1CCN(c2ccnc(CCS)n2)C1. The van der Waals surface area contributed by atoms with Crippen molar-refractivity contribution in [1.82, 2.24) is 9.97 Å². The van der Waals surface area contributed by atoms with E-state index in [1.54, 1.807) is 6.20 Å². The summed E-state index contributed by atoms with van der Waals surface area (Å²) in [5.41, 5.74) is 0. The molecule has 118 valence electrons. The first-order valence-electron chi connectivity index (χ1n) is 7.56. The van der Waals surface area contributed by atoms with E-state index >= 15 is 0 Å². The molecule has 3 rings (SSSR count). The van der Waals surface area contributed by atoms with Gasteiger partial charge in [-0.15, -0.1) is 0 Å². The third-order valence-electron chi connectivity index (χ3n) is 3.71. The van der Waals surface area contributed by atoms with Crippen molar-refractivity contribution in [3.63, 3.8) is 0 Å². The smallest absolute Gasteiger partial charge is 0.152 e. The molecular weight excluding hydrogens is 305 g/mol. The minimum absolute atomic E-state index is 0.113. The Hall–Kier alpha value is -0.420. The number of rotatable bonds is 5. The van der Waals surface area contributed by atoms with Crippen LogP contribution in [0.5, 0.6) is 0 Å². The highest BCUT2D eigenvalue weighted by atomic mass is 32.1. The molecule has 2 heterocycles. The van der Waals surface area contributed by atoms with Gasteiger partial charge >= 0.3 is 0 Å². The van der Waals surface area contributed by atoms with E-state index in [0.717, 1.165) is 43.3 Å². The van der Waals surface area contributed by atoms with E-state index in [0.29, 0.717) is 0 Å². The molecule has 1 aliphatic carbocycles. The first kappa shape index (κ1) is 16.9. The molecule has 7 heteroatoms. The third-order valence-corrected chi connectivity index (χ3v) is 4.38. The number of anilines is 1. The monoisotopic (exact) mass is 329 g/mol. The van der Waals surface area contributed by atoms with Crippen LogP contribution in [0, 0.1) is 0 Å². The van der Waals surface area contributed by atoms with E-state index in [1.807, 2.05) is 6.07 Å². The van der Waals surface area contributed by atoms with Crippen LogP contribution in [0.3, 0.4) is 0 Å². The quantitative estimate of drug-likeness (QED) is 0.642. The van der Waals surface area contributed by atoms with Gasteiger partial charge < -0.3 is 14.3 Å². The lowest BCUT2D eigenvalue weighted by atomic mass is 10.0. The predicted molar refractivity (Wildman–Crippen MR) is 90.3 cm³/mol. The number of aromatic nitrogens is 2. The summed E-state index contributed by atoms with van der Waals surface area (Å²) in [5, 5.41) is 0. The second-order valence-electron chi connectivity index (χ2n) is 5.28. The molecule has 1 aromatic rings. The van der Waals surface area contributed by atoms with Crippen LogP contribution in [0.2, 0.25) is 0 Å². The molecule has 0 aromatic carbocycles. The van der Waals surface area contributed by atoms with Crippen molar-refractivity contribution < 1.29 is 9.42 Å². The highest BCUT2D eigenvalue weighted by molar-refractivity contribution is 7.80. The average Bonchev–Trinajstić information content (AvgIpc) is 2.87. The van der Waals surface area contributed by atoms with E-state index < -0.39 is 9.03 Å². The molecule has 0 bridgehead atoms. The van der Waals surface area contributed by atoms with Crippen LogP contribution in [0.1, 0.15) is 37.9 Å². The summed E-state index contributed by atoms with van der Waals surface area (Å²) in [6.07, 6.45) is 9.60.